The van der Waals surface area contributed by atoms with Crippen LogP contribution in [0.5, 0.6) is 0 Å². The van der Waals surface area contributed by atoms with Crippen LogP contribution in [0.25, 0.3) is 5.78 Å². The largest absolute Gasteiger partial charge is 0.343 e. The Hall–Kier alpha value is -3.79. The molecule has 5 rings (SSSR count). The third kappa shape index (κ3) is 7.41. The average molecular weight is 588 g/mol. The van der Waals surface area contributed by atoms with Crippen LogP contribution in [0.3, 0.4) is 0 Å². The Morgan fingerprint density at radius 1 is 1.05 bits per heavy atom. The fourth-order valence-electron chi connectivity index (χ4n) is 6.65. The quantitative estimate of drug-likeness (QED) is 0.336. The molecule has 3 aromatic rings. The first kappa shape index (κ1) is 30.7. The molecule has 230 valence electrons. The van der Waals surface area contributed by atoms with Gasteiger partial charge in [-0.05, 0) is 63.1 Å². The summed E-state index contributed by atoms with van der Waals surface area (Å²) in [7, 11) is 1.78. The van der Waals surface area contributed by atoms with E-state index in [1.807, 2.05) is 41.1 Å². The number of fused-ring (bicyclic) bond motifs is 1. The van der Waals surface area contributed by atoms with Crippen molar-refractivity contribution in [2.45, 2.75) is 82.8 Å². The smallest absolute Gasteiger partial charge is 0.274 e. The van der Waals surface area contributed by atoms with Gasteiger partial charge >= 0.3 is 0 Å². The molecule has 3 heterocycles. The first-order valence-corrected chi connectivity index (χ1v) is 15.9. The van der Waals surface area contributed by atoms with Crippen LogP contribution in [0.4, 0.5) is 0 Å². The molecule has 43 heavy (non-hydrogen) atoms. The summed E-state index contributed by atoms with van der Waals surface area (Å²) in [5, 5.41) is 6.23. The maximum absolute atomic E-state index is 14.3. The van der Waals surface area contributed by atoms with Crippen molar-refractivity contribution in [2.75, 3.05) is 26.7 Å². The lowest BCUT2D eigenvalue weighted by Gasteiger charge is -2.37. The Labute approximate surface area is 254 Å². The van der Waals surface area contributed by atoms with E-state index in [9.17, 15) is 14.4 Å². The summed E-state index contributed by atoms with van der Waals surface area (Å²) < 4.78 is 1.75. The average Bonchev–Trinajstić information content (AvgIpc) is 3.70. The molecule has 2 fully saturated rings. The molecular formula is C33H45N7O3. The number of nitrogens with one attached hydrogen (secondary N) is 2. The van der Waals surface area contributed by atoms with E-state index in [-0.39, 0.29) is 35.7 Å². The highest BCUT2D eigenvalue weighted by atomic mass is 16.2. The second kappa shape index (κ2) is 14.6. The van der Waals surface area contributed by atoms with Crippen LogP contribution in [0, 0.1) is 5.92 Å². The van der Waals surface area contributed by atoms with Gasteiger partial charge in [0.1, 0.15) is 11.7 Å². The first-order chi connectivity index (χ1) is 21.0. The number of amides is 3. The van der Waals surface area contributed by atoms with Crippen LogP contribution in [0.15, 0.2) is 55.0 Å². The van der Waals surface area contributed by atoms with Crippen molar-refractivity contribution in [3.63, 3.8) is 0 Å². The summed E-state index contributed by atoms with van der Waals surface area (Å²) in [5.41, 5.74) is 1.49. The maximum atomic E-state index is 14.3. The molecule has 1 saturated carbocycles. The molecule has 1 aromatic carbocycles. The molecule has 1 saturated heterocycles. The van der Waals surface area contributed by atoms with Gasteiger partial charge in [0.15, 0.2) is 0 Å². The fraction of sp³-hybridized carbons (Fsp3) is 0.545. The standard InChI is InChI=1S/C33H45N7O3/c1-3-27(34-2)30(41)37-29(25-14-8-5-9-15-25)32(43)40-20-10-16-26(40)22-38(21-17-24-12-6-4-7-13-24)31(42)28-23-39-19-11-18-35-33(39)36-28/h4,6-7,11-13,18-19,23,25-27,29,34H,3,5,8-10,14-17,20-22H2,1-2H3,(H,37,41). The molecule has 3 atom stereocenters. The minimum atomic E-state index is -0.547. The zero-order valence-electron chi connectivity index (χ0n) is 25.5. The zero-order chi connectivity index (χ0) is 30.2. The SMILES string of the molecule is CCC(NC)C(=O)NC(C(=O)N1CCCC1CN(CCc1ccccc1)C(=O)c1cn2cccnc2n1)C1CCCCC1. The number of hydrogen-bond donors (Lipinski definition) is 2. The lowest BCUT2D eigenvalue weighted by molar-refractivity contribution is -0.139. The van der Waals surface area contributed by atoms with Crippen LogP contribution < -0.4 is 10.6 Å². The molecule has 10 heteroatoms. The van der Waals surface area contributed by atoms with Gasteiger partial charge < -0.3 is 20.4 Å². The Morgan fingerprint density at radius 3 is 2.56 bits per heavy atom. The molecule has 0 bridgehead atoms. The lowest BCUT2D eigenvalue weighted by Crippen LogP contribution is -2.58. The van der Waals surface area contributed by atoms with E-state index in [1.54, 1.807) is 29.9 Å². The number of carbonyl (C=O) groups is 3. The lowest BCUT2D eigenvalue weighted by atomic mass is 9.83. The number of rotatable bonds is 12. The minimum absolute atomic E-state index is 0.0129. The van der Waals surface area contributed by atoms with Crippen LogP contribution in [-0.4, -0.2) is 86.7 Å². The van der Waals surface area contributed by atoms with Gasteiger partial charge in [0.05, 0.1) is 6.04 Å². The van der Waals surface area contributed by atoms with E-state index < -0.39 is 6.04 Å². The second-order valence-corrected chi connectivity index (χ2v) is 11.9. The van der Waals surface area contributed by atoms with E-state index >= 15 is 0 Å². The third-order valence-corrected chi connectivity index (χ3v) is 9.10. The molecule has 3 unspecified atom stereocenters. The predicted molar refractivity (Wildman–Crippen MR) is 165 cm³/mol. The molecule has 1 aliphatic heterocycles. The fourth-order valence-corrected chi connectivity index (χ4v) is 6.65. The number of hydrogen-bond acceptors (Lipinski definition) is 6. The number of likely N-dealkylation sites (N-methyl/N-ethyl adjacent to an activating group) is 1. The van der Waals surface area contributed by atoms with Gasteiger partial charge in [-0.3, -0.25) is 18.8 Å². The number of likely N-dealkylation sites (tertiary alicyclic amines) is 1. The van der Waals surface area contributed by atoms with Gasteiger partial charge in [0.2, 0.25) is 17.6 Å². The minimum Gasteiger partial charge on any atom is -0.343 e. The molecular weight excluding hydrogens is 542 g/mol. The van der Waals surface area contributed by atoms with Gasteiger partial charge in [-0.15, -0.1) is 0 Å². The van der Waals surface area contributed by atoms with E-state index in [0.717, 1.165) is 44.1 Å². The highest BCUT2D eigenvalue weighted by Gasteiger charge is 2.39. The Kier molecular flexibility index (Phi) is 10.4. The summed E-state index contributed by atoms with van der Waals surface area (Å²) in [6.45, 7) is 3.52. The van der Waals surface area contributed by atoms with Gasteiger partial charge in [-0.25, -0.2) is 9.97 Å². The van der Waals surface area contributed by atoms with Gasteiger partial charge in [0, 0.05) is 44.3 Å². The normalized spacial score (nSPS) is 18.8. The van der Waals surface area contributed by atoms with Crippen molar-refractivity contribution in [1.82, 2.24) is 34.8 Å². The first-order valence-electron chi connectivity index (χ1n) is 15.9. The van der Waals surface area contributed by atoms with E-state index in [0.29, 0.717) is 43.9 Å². The Bertz CT molecular complexity index is 1330. The van der Waals surface area contributed by atoms with Crippen molar-refractivity contribution < 1.29 is 14.4 Å². The molecule has 1 aliphatic carbocycles. The van der Waals surface area contributed by atoms with Crippen molar-refractivity contribution in [1.29, 1.82) is 0 Å². The number of imidazole rings is 1. The number of nitrogens with zero attached hydrogens (tertiary/aromatic N) is 5. The summed E-state index contributed by atoms with van der Waals surface area (Å²) in [6, 6.07) is 10.9. The van der Waals surface area contributed by atoms with Crippen molar-refractivity contribution in [3.05, 3.63) is 66.2 Å². The maximum Gasteiger partial charge on any atom is 0.274 e. The van der Waals surface area contributed by atoms with Crippen molar-refractivity contribution in [2.24, 2.45) is 5.92 Å². The highest BCUT2D eigenvalue weighted by Crippen LogP contribution is 2.30. The van der Waals surface area contributed by atoms with E-state index in [2.05, 4.69) is 32.7 Å². The molecule has 3 amide bonds. The molecule has 0 spiro atoms. The van der Waals surface area contributed by atoms with Crippen molar-refractivity contribution in [3.8, 4) is 0 Å². The summed E-state index contributed by atoms with van der Waals surface area (Å²) in [4.78, 5) is 53.9. The number of benzene rings is 1. The molecule has 10 nitrogen and oxygen atoms in total. The van der Waals surface area contributed by atoms with Gasteiger partial charge in [0.25, 0.3) is 5.91 Å². The monoisotopic (exact) mass is 587 g/mol. The molecule has 2 N–H and O–H groups in total. The molecule has 2 aromatic heterocycles. The second-order valence-electron chi connectivity index (χ2n) is 11.9. The Morgan fingerprint density at radius 2 is 1.84 bits per heavy atom. The van der Waals surface area contributed by atoms with Crippen molar-refractivity contribution >= 4 is 23.5 Å². The third-order valence-electron chi connectivity index (χ3n) is 9.10. The van der Waals surface area contributed by atoms with E-state index in [1.165, 1.54) is 6.42 Å². The summed E-state index contributed by atoms with van der Waals surface area (Å²) in [5.74, 6) is 0.301. The Balaban J connectivity index is 1.36. The van der Waals surface area contributed by atoms with Gasteiger partial charge in [-0.1, -0.05) is 56.5 Å². The zero-order valence-corrected chi connectivity index (χ0v) is 25.5. The molecule has 2 aliphatic rings. The summed E-state index contributed by atoms with van der Waals surface area (Å²) >= 11 is 0. The van der Waals surface area contributed by atoms with E-state index in [4.69, 9.17) is 0 Å². The summed E-state index contributed by atoms with van der Waals surface area (Å²) in [6.07, 6.45) is 13.4. The van der Waals surface area contributed by atoms with Gasteiger partial charge in [-0.2, -0.15) is 0 Å². The topological polar surface area (TPSA) is 112 Å². The molecule has 0 radical (unpaired) electrons. The number of carbonyl (C=O) groups excluding carboxylic acids is 3. The highest BCUT2D eigenvalue weighted by molar-refractivity contribution is 5.93. The van der Waals surface area contributed by atoms with Crippen LogP contribution in [0.2, 0.25) is 0 Å². The van der Waals surface area contributed by atoms with Crippen LogP contribution in [-0.2, 0) is 16.0 Å². The van der Waals surface area contributed by atoms with Crippen LogP contribution in [0.1, 0.15) is 74.3 Å². The van der Waals surface area contributed by atoms with Crippen LogP contribution >= 0.6 is 0 Å². The number of aromatic nitrogens is 3. The predicted octanol–water partition coefficient (Wildman–Crippen LogP) is 3.47.